The number of fused-ring (bicyclic) bond motifs is 5. The van der Waals surface area contributed by atoms with Crippen LogP contribution in [-0.4, -0.2) is 29.7 Å². The fourth-order valence-corrected chi connectivity index (χ4v) is 6.38. The number of rotatable bonds is 3. The summed E-state index contributed by atoms with van der Waals surface area (Å²) in [5.74, 6) is 0.0958. The molecule has 2 heterocycles. The van der Waals surface area contributed by atoms with Crippen LogP contribution in [0.4, 0.5) is 4.79 Å². The average Bonchev–Trinajstić information content (AvgIpc) is 3.20. The van der Waals surface area contributed by atoms with E-state index >= 15 is 0 Å². The summed E-state index contributed by atoms with van der Waals surface area (Å²) in [6.45, 7) is 7.13. The Balaban J connectivity index is 1.20. The monoisotopic (exact) mass is 477 g/mol. The van der Waals surface area contributed by atoms with Gasteiger partial charge in [0.1, 0.15) is 6.61 Å². The zero-order chi connectivity index (χ0) is 24.9. The summed E-state index contributed by atoms with van der Waals surface area (Å²) < 4.78 is 6.07. The fourth-order valence-electron chi connectivity index (χ4n) is 6.38. The number of nitrogens with zero attached hydrogens (tertiary/aromatic N) is 1. The maximum Gasteiger partial charge on any atom is 0.410 e. The molecule has 0 aromatic heterocycles. The Morgan fingerprint density at radius 1 is 0.889 bits per heavy atom. The molecule has 36 heavy (non-hydrogen) atoms. The van der Waals surface area contributed by atoms with E-state index in [4.69, 9.17) is 4.74 Å². The van der Waals surface area contributed by atoms with E-state index in [1.54, 1.807) is 0 Å². The Morgan fingerprint density at radius 3 is 2.14 bits per heavy atom. The van der Waals surface area contributed by atoms with Crippen molar-refractivity contribution >= 4 is 11.7 Å². The van der Waals surface area contributed by atoms with Gasteiger partial charge >= 0.3 is 6.09 Å². The van der Waals surface area contributed by atoms with E-state index in [9.17, 15) is 4.79 Å². The third-order valence-electron chi connectivity index (χ3n) is 8.31. The van der Waals surface area contributed by atoms with E-state index in [-0.39, 0.29) is 29.5 Å². The number of hydrogen-bond donors (Lipinski definition) is 0. The summed E-state index contributed by atoms with van der Waals surface area (Å²) in [6, 6.07) is 26.4. The van der Waals surface area contributed by atoms with E-state index in [1.807, 2.05) is 4.90 Å². The van der Waals surface area contributed by atoms with Gasteiger partial charge in [-0.15, -0.1) is 0 Å². The third kappa shape index (κ3) is 4.05. The van der Waals surface area contributed by atoms with Crippen LogP contribution in [0.1, 0.15) is 74.6 Å². The van der Waals surface area contributed by atoms with Crippen LogP contribution in [0.3, 0.4) is 0 Å². The van der Waals surface area contributed by atoms with Crippen LogP contribution in [0, 0.1) is 0 Å². The van der Waals surface area contributed by atoms with Crippen LogP contribution < -0.4 is 0 Å². The van der Waals surface area contributed by atoms with Gasteiger partial charge in [-0.05, 0) is 70.1 Å². The summed E-state index contributed by atoms with van der Waals surface area (Å²) in [5.41, 5.74) is 9.18. The molecular weight excluding hydrogens is 442 g/mol. The molecule has 2 aliphatic heterocycles. The number of piperidine rings is 1. The van der Waals surface area contributed by atoms with Gasteiger partial charge in [0.25, 0.3) is 0 Å². The molecule has 2 bridgehead atoms. The maximum absolute atomic E-state index is 13.5. The van der Waals surface area contributed by atoms with Gasteiger partial charge in [-0.2, -0.15) is 0 Å². The van der Waals surface area contributed by atoms with E-state index in [0.717, 1.165) is 25.7 Å². The van der Waals surface area contributed by atoms with Gasteiger partial charge < -0.3 is 4.74 Å². The lowest BCUT2D eigenvalue weighted by Crippen LogP contribution is -2.51. The second-order valence-electron chi connectivity index (χ2n) is 11.6. The highest BCUT2D eigenvalue weighted by atomic mass is 16.6. The lowest BCUT2D eigenvalue weighted by atomic mass is 9.81. The average molecular weight is 478 g/mol. The molecule has 0 saturated carbocycles. The first-order chi connectivity index (χ1) is 17.4. The van der Waals surface area contributed by atoms with Crippen molar-refractivity contribution in [3.63, 3.8) is 0 Å². The van der Waals surface area contributed by atoms with Crippen molar-refractivity contribution < 1.29 is 9.53 Å². The Kier molecular flexibility index (Phi) is 5.75. The van der Waals surface area contributed by atoms with Crippen LogP contribution in [0.15, 0.2) is 78.9 Å². The van der Waals surface area contributed by atoms with Crippen LogP contribution in [-0.2, 0) is 10.2 Å². The van der Waals surface area contributed by atoms with Crippen molar-refractivity contribution in [3.05, 3.63) is 101 Å². The molecule has 1 fully saturated rings. The predicted octanol–water partition coefficient (Wildman–Crippen LogP) is 7.94. The highest BCUT2D eigenvalue weighted by molar-refractivity contribution is 5.79. The lowest BCUT2D eigenvalue weighted by Gasteiger charge is -2.44. The number of hydrogen-bond acceptors (Lipinski definition) is 2. The summed E-state index contributed by atoms with van der Waals surface area (Å²) in [4.78, 5) is 15.5. The van der Waals surface area contributed by atoms with Crippen LogP contribution in [0.2, 0.25) is 0 Å². The van der Waals surface area contributed by atoms with Gasteiger partial charge in [0.15, 0.2) is 0 Å². The normalized spacial score (nSPS) is 21.0. The van der Waals surface area contributed by atoms with Crippen LogP contribution in [0.25, 0.3) is 16.7 Å². The van der Waals surface area contributed by atoms with Gasteiger partial charge in [-0.25, -0.2) is 4.79 Å². The molecule has 2 unspecified atom stereocenters. The molecule has 2 atom stereocenters. The fraction of sp³-hybridized carbons (Fsp3) is 0.364. The molecule has 1 saturated heterocycles. The minimum Gasteiger partial charge on any atom is -0.448 e. The number of amides is 1. The number of carbonyl (C=O) groups is 1. The quantitative estimate of drug-likeness (QED) is 0.383. The Hall–Kier alpha value is -3.33. The first-order valence-corrected chi connectivity index (χ1v) is 13.3. The van der Waals surface area contributed by atoms with Gasteiger partial charge in [0, 0.05) is 12.0 Å². The summed E-state index contributed by atoms with van der Waals surface area (Å²) in [6.07, 6.45) is 6.26. The Labute approximate surface area is 214 Å². The molecule has 3 aromatic rings. The van der Waals surface area contributed by atoms with Crippen molar-refractivity contribution in [3.8, 4) is 11.1 Å². The molecule has 0 radical (unpaired) electrons. The van der Waals surface area contributed by atoms with Crippen molar-refractivity contribution in [2.45, 2.75) is 69.9 Å². The molecule has 0 N–H and O–H groups in total. The minimum atomic E-state index is -0.162. The van der Waals surface area contributed by atoms with E-state index < -0.39 is 0 Å². The largest absolute Gasteiger partial charge is 0.448 e. The van der Waals surface area contributed by atoms with Crippen molar-refractivity contribution in [1.29, 1.82) is 0 Å². The molecule has 3 nitrogen and oxygen atoms in total. The standard InChI is InChI=1S/C33H35NO2/c1-33(2,3)24-17-15-22(16-18-24)23-19-25-9-8-10-26(20-23)34(25)32(35)36-21-31-29-13-6-4-11-27(29)28-12-5-7-14-30(28)31/h4-7,11-19,25-26,31H,8-10,20-21H2,1-3H3. The Bertz CT molecular complexity index is 1270. The first kappa shape index (κ1) is 23.1. The predicted molar refractivity (Wildman–Crippen MR) is 146 cm³/mol. The molecule has 1 amide bonds. The molecule has 3 heteroatoms. The number of ether oxygens (including phenoxy) is 1. The van der Waals surface area contributed by atoms with E-state index in [0.29, 0.717) is 6.61 Å². The van der Waals surface area contributed by atoms with Crippen molar-refractivity contribution in [2.75, 3.05) is 6.61 Å². The zero-order valence-corrected chi connectivity index (χ0v) is 21.5. The van der Waals surface area contributed by atoms with Crippen molar-refractivity contribution in [1.82, 2.24) is 4.90 Å². The molecule has 184 valence electrons. The number of benzene rings is 3. The number of carbonyl (C=O) groups excluding carboxylic acids is 1. The van der Waals surface area contributed by atoms with Gasteiger partial charge in [-0.3, -0.25) is 4.90 Å². The summed E-state index contributed by atoms with van der Waals surface area (Å²) >= 11 is 0. The molecule has 3 aromatic carbocycles. The molecule has 1 aliphatic carbocycles. The maximum atomic E-state index is 13.5. The van der Waals surface area contributed by atoms with Crippen LogP contribution in [0.5, 0.6) is 0 Å². The van der Waals surface area contributed by atoms with E-state index in [2.05, 4.69) is 99.6 Å². The van der Waals surface area contributed by atoms with Gasteiger partial charge in [0.2, 0.25) is 0 Å². The first-order valence-electron chi connectivity index (χ1n) is 13.3. The van der Waals surface area contributed by atoms with Gasteiger partial charge in [0.05, 0.1) is 6.04 Å². The van der Waals surface area contributed by atoms with Crippen LogP contribution >= 0.6 is 0 Å². The highest BCUT2D eigenvalue weighted by Gasteiger charge is 2.39. The lowest BCUT2D eigenvalue weighted by molar-refractivity contribution is 0.0539. The SMILES string of the molecule is CC(C)(C)c1ccc(C2=CC3CCCC(C2)N3C(=O)OCC2c3ccccc3-c3ccccc32)cc1. The third-order valence-corrected chi connectivity index (χ3v) is 8.31. The Morgan fingerprint density at radius 2 is 1.53 bits per heavy atom. The van der Waals surface area contributed by atoms with E-state index in [1.165, 1.54) is 39.0 Å². The zero-order valence-electron chi connectivity index (χ0n) is 21.5. The smallest absolute Gasteiger partial charge is 0.410 e. The molecule has 3 aliphatic rings. The molecular formula is C33H35NO2. The summed E-state index contributed by atoms with van der Waals surface area (Å²) in [7, 11) is 0. The second-order valence-corrected chi connectivity index (χ2v) is 11.6. The van der Waals surface area contributed by atoms with Crippen molar-refractivity contribution in [2.24, 2.45) is 0 Å². The van der Waals surface area contributed by atoms with Gasteiger partial charge in [-0.1, -0.05) is 99.6 Å². The minimum absolute atomic E-state index is 0.0958. The second kappa shape index (κ2) is 8.96. The highest BCUT2D eigenvalue weighted by Crippen LogP contribution is 2.45. The molecule has 0 spiro atoms. The topological polar surface area (TPSA) is 29.5 Å². The molecule has 6 rings (SSSR count). The summed E-state index contributed by atoms with van der Waals surface area (Å²) in [5, 5.41) is 0.